The summed E-state index contributed by atoms with van der Waals surface area (Å²) in [6.07, 6.45) is 12.1. The molecule has 0 aromatic carbocycles. The Kier molecular flexibility index (Phi) is 4.40. The lowest BCUT2D eigenvalue weighted by Crippen LogP contribution is -2.67. The highest BCUT2D eigenvalue weighted by molar-refractivity contribution is 5.02. The molecule has 3 aliphatic rings. The van der Waals surface area contributed by atoms with Crippen molar-refractivity contribution in [3.05, 3.63) is 0 Å². The van der Waals surface area contributed by atoms with Gasteiger partial charge in [-0.1, -0.05) is 26.2 Å². The summed E-state index contributed by atoms with van der Waals surface area (Å²) in [6, 6.07) is 0.704. The van der Waals surface area contributed by atoms with Gasteiger partial charge in [-0.2, -0.15) is 0 Å². The highest BCUT2D eigenvalue weighted by Crippen LogP contribution is 2.38. The fraction of sp³-hybridized carbons (Fsp3) is 1.00. The first-order valence-corrected chi connectivity index (χ1v) is 8.75. The average Bonchev–Trinajstić information content (AvgIpc) is 2.44. The molecule has 3 fully saturated rings. The van der Waals surface area contributed by atoms with Crippen LogP contribution in [0.1, 0.15) is 64.7 Å². The lowest BCUT2D eigenvalue weighted by atomic mass is 9.76. The highest BCUT2D eigenvalue weighted by atomic mass is 16.5. The zero-order valence-corrected chi connectivity index (χ0v) is 13.4. The predicted octanol–water partition coefficient (Wildman–Crippen LogP) is 2.94. The SMILES string of the molecule is CCC1CNC2(CCCCC2)CN1CC1(OC)CCC1. The molecular formula is C17H32N2O. The van der Waals surface area contributed by atoms with Crippen LogP contribution in [-0.2, 0) is 4.74 Å². The molecule has 1 N–H and O–H groups in total. The van der Waals surface area contributed by atoms with Gasteiger partial charge >= 0.3 is 0 Å². The number of ether oxygens (including phenoxy) is 1. The van der Waals surface area contributed by atoms with Crippen molar-refractivity contribution in [1.29, 1.82) is 0 Å². The molecule has 1 spiro atoms. The Bertz CT molecular complexity index is 315. The molecule has 0 bridgehead atoms. The number of piperazine rings is 1. The third-order valence-electron chi connectivity index (χ3n) is 6.21. The third-order valence-corrected chi connectivity index (χ3v) is 6.21. The van der Waals surface area contributed by atoms with Crippen LogP contribution in [0.25, 0.3) is 0 Å². The summed E-state index contributed by atoms with van der Waals surface area (Å²) < 4.78 is 5.88. The van der Waals surface area contributed by atoms with Gasteiger partial charge in [-0.3, -0.25) is 4.90 Å². The van der Waals surface area contributed by atoms with E-state index in [1.807, 2.05) is 7.11 Å². The molecule has 0 aromatic rings. The summed E-state index contributed by atoms with van der Waals surface area (Å²) in [5.41, 5.74) is 0.600. The third kappa shape index (κ3) is 2.77. The molecule has 3 rings (SSSR count). The van der Waals surface area contributed by atoms with E-state index >= 15 is 0 Å². The van der Waals surface area contributed by atoms with Gasteiger partial charge < -0.3 is 10.1 Å². The molecule has 1 atom stereocenters. The second-order valence-electron chi connectivity index (χ2n) is 7.43. The maximum absolute atomic E-state index is 5.88. The van der Waals surface area contributed by atoms with E-state index in [4.69, 9.17) is 4.74 Å². The number of hydrogen-bond acceptors (Lipinski definition) is 3. The van der Waals surface area contributed by atoms with E-state index in [0.29, 0.717) is 11.6 Å². The largest absolute Gasteiger partial charge is 0.377 e. The van der Waals surface area contributed by atoms with Crippen molar-refractivity contribution in [3.8, 4) is 0 Å². The normalized spacial score (nSPS) is 33.0. The van der Waals surface area contributed by atoms with Gasteiger partial charge in [0.25, 0.3) is 0 Å². The van der Waals surface area contributed by atoms with Gasteiger partial charge in [0, 0.05) is 38.3 Å². The molecular weight excluding hydrogens is 248 g/mol. The van der Waals surface area contributed by atoms with Crippen LogP contribution in [0.3, 0.4) is 0 Å². The second kappa shape index (κ2) is 5.94. The number of rotatable bonds is 4. The topological polar surface area (TPSA) is 24.5 Å². The van der Waals surface area contributed by atoms with Crippen LogP contribution in [0.2, 0.25) is 0 Å². The lowest BCUT2D eigenvalue weighted by molar-refractivity contribution is -0.108. The van der Waals surface area contributed by atoms with Crippen LogP contribution in [0.4, 0.5) is 0 Å². The van der Waals surface area contributed by atoms with E-state index < -0.39 is 0 Å². The fourth-order valence-corrected chi connectivity index (χ4v) is 4.56. The fourth-order valence-electron chi connectivity index (χ4n) is 4.56. The minimum Gasteiger partial charge on any atom is -0.377 e. The van der Waals surface area contributed by atoms with Gasteiger partial charge in [-0.25, -0.2) is 0 Å². The van der Waals surface area contributed by atoms with Crippen LogP contribution >= 0.6 is 0 Å². The zero-order chi connectivity index (χ0) is 14.1. The molecule has 0 aromatic heterocycles. The molecule has 2 aliphatic carbocycles. The molecule has 3 nitrogen and oxygen atoms in total. The zero-order valence-electron chi connectivity index (χ0n) is 13.4. The molecule has 2 saturated carbocycles. The Morgan fingerprint density at radius 1 is 1.10 bits per heavy atom. The quantitative estimate of drug-likeness (QED) is 0.857. The van der Waals surface area contributed by atoms with Crippen LogP contribution in [0, 0.1) is 0 Å². The molecule has 1 heterocycles. The molecule has 1 saturated heterocycles. The van der Waals surface area contributed by atoms with E-state index in [2.05, 4.69) is 17.1 Å². The van der Waals surface area contributed by atoms with Gasteiger partial charge in [0.15, 0.2) is 0 Å². The van der Waals surface area contributed by atoms with Crippen LogP contribution in [0.15, 0.2) is 0 Å². The summed E-state index contributed by atoms with van der Waals surface area (Å²) in [6.45, 7) is 5.91. The molecule has 1 aliphatic heterocycles. The first-order chi connectivity index (χ1) is 9.71. The number of nitrogens with one attached hydrogen (secondary N) is 1. The Balaban J connectivity index is 1.68. The molecule has 3 heteroatoms. The molecule has 0 radical (unpaired) electrons. The van der Waals surface area contributed by atoms with Gasteiger partial charge in [0.2, 0.25) is 0 Å². The van der Waals surface area contributed by atoms with E-state index in [1.54, 1.807) is 0 Å². The molecule has 1 unspecified atom stereocenters. The summed E-state index contributed by atoms with van der Waals surface area (Å²) in [4.78, 5) is 2.77. The number of methoxy groups -OCH3 is 1. The maximum atomic E-state index is 5.88. The Labute approximate surface area is 124 Å². The van der Waals surface area contributed by atoms with E-state index in [-0.39, 0.29) is 5.60 Å². The van der Waals surface area contributed by atoms with Gasteiger partial charge in [-0.15, -0.1) is 0 Å². The van der Waals surface area contributed by atoms with E-state index in [9.17, 15) is 0 Å². The van der Waals surface area contributed by atoms with Crippen molar-refractivity contribution in [2.75, 3.05) is 26.7 Å². The average molecular weight is 280 g/mol. The van der Waals surface area contributed by atoms with Gasteiger partial charge in [-0.05, 0) is 38.5 Å². The lowest BCUT2D eigenvalue weighted by Gasteiger charge is -2.53. The Morgan fingerprint density at radius 3 is 2.40 bits per heavy atom. The van der Waals surface area contributed by atoms with Crippen molar-refractivity contribution in [2.24, 2.45) is 0 Å². The van der Waals surface area contributed by atoms with Crippen LogP contribution in [0.5, 0.6) is 0 Å². The monoisotopic (exact) mass is 280 g/mol. The Morgan fingerprint density at radius 2 is 1.85 bits per heavy atom. The van der Waals surface area contributed by atoms with Crippen molar-refractivity contribution < 1.29 is 4.74 Å². The van der Waals surface area contributed by atoms with Crippen molar-refractivity contribution in [3.63, 3.8) is 0 Å². The predicted molar refractivity (Wildman–Crippen MR) is 83.1 cm³/mol. The van der Waals surface area contributed by atoms with Crippen molar-refractivity contribution in [2.45, 2.75) is 81.9 Å². The standard InChI is InChI=1S/C17H32N2O/c1-3-15-12-18-16(8-5-4-6-9-16)13-19(15)14-17(20-2)10-7-11-17/h15,18H,3-14H2,1-2H3. The first-order valence-electron chi connectivity index (χ1n) is 8.75. The number of nitrogens with zero attached hydrogens (tertiary/aromatic N) is 1. The van der Waals surface area contributed by atoms with E-state index in [0.717, 1.165) is 6.54 Å². The minimum absolute atomic E-state index is 0.181. The molecule has 0 amide bonds. The van der Waals surface area contributed by atoms with Crippen molar-refractivity contribution >= 4 is 0 Å². The smallest absolute Gasteiger partial charge is 0.0805 e. The van der Waals surface area contributed by atoms with Gasteiger partial charge in [0.05, 0.1) is 5.60 Å². The van der Waals surface area contributed by atoms with E-state index in [1.165, 1.54) is 70.9 Å². The van der Waals surface area contributed by atoms with Crippen molar-refractivity contribution in [1.82, 2.24) is 10.2 Å². The summed E-state index contributed by atoms with van der Waals surface area (Å²) >= 11 is 0. The second-order valence-corrected chi connectivity index (χ2v) is 7.43. The van der Waals surface area contributed by atoms with Gasteiger partial charge in [0.1, 0.15) is 0 Å². The summed E-state index contributed by atoms with van der Waals surface area (Å²) in [5, 5.41) is 3.92. The summed E-state index contributed by atoms with van der Waals surface area (Å²) in [7, 11) is 1.92. The summed E-state index contributed by atoms with van der Waals surface area (Å²) in [5.74, 6) is 0. The molecule has 116 valence electrons. The minimum atomic E-state index is 0.181. The highest BCUT2D eigenvalue weighted by Gasteiger charge is 2.44. The maximum Gasteiger partial charge on any atom is 0.0805 e. The van der Waals surface area contributed by atoms with Crippen LogP contribution < -0.4 is 5.32 Å². The Hall–Kier alpha value is -0.120. The number of hydrogen-bond donors (Lipinski definition) is 1. The first kappa shape index (κ1) is 14.8. The molecule has 20 heavy (non-hydrogen) atoms. The van der Waals surface area contributed by atoms with Crippen LogP contribution in [-0.4, -0.2) is 48.8 Å².